The Morgan fingerprint density at radius 1 is 1.24 bits per heavy atom. The molecule has 2 aromatic carbocycles. The van der Waals surface area contributed by atoms with E-state index in [2.05, 4.69) is 33.7 Å². The molecule has 6 heteroatoms. The average Bonchev–Trinajstić information content (AvgIpc) is 3.16. The highest BCUT2D eigenvalue weighted by Crippen LogP contribution is 2.31. The second-order valence-corrected chi connectivity index (χ2v) is 8.83. The zero-order valence-corrected chi connectivity index (χ0v) is 18.0. The van der Waals surface area contributed by atoms with Crippen molar-refractivity contribution < 1.29 is 9.53 Å². The minimum Gasteiger partial charge on any atom is -0.385 e. The van der Waals surface area contributed by atoms with E-state index in [1.807, 2.05) is 24.3 Å². The van der Waals surface area contributed by atoms with Gasteiger partial charge in [-0.1, -0.05) is 42.5 Å². The van der Waals surface area contributed by atoms with E-state index in [0.717, 1.165) is 48.9 Å². The van der Waals surface area contributed by atoms with Crippen LogP contribution >= 0.6 is 12.6 Å². The number of carbonyl (C=O) groups excluding carboxylic acids is 1. The van der Waals surface area contributed by atoms with E-state index in [0.29, 0.717) is 30.9 Å². The Kier molecular flexibility index (Phi) is 6.56. The highest BCUT2D eigenvalue weighted by molar-refractivity contribution is 7.81. The van der Waals surface area contributed by atoms with Gasteiger partial charge in [0.1, 0.15) is 0 Å². The molecule has 4 rings (SSSR count). The number of ketones is 1. The fourth-order valence-electron chi connectivity index (χ4n) is 4.81. The molecule has 2 aromatic rings. The minimum atomic E-state index is -0.615. The number of ether oxygens (including phenoxy) is 1. The number of benzene rings is 2. The molecule has 3 atom stereocenters. The Morgan fingerprint density at radius 3 is 2.86 bits per heavy atom. The number of nitrogens with one attached hydrogen (secondary N) is 2. The van der Waals surface area contributed by atoms with Gasteiger partial charge in [-0.05, 0) is 30.2 Å². The van der Waals surface area contributed by atoms with Crippen molar-refractivity contribution in [3.05, 3.63) is 48.0 Å². The molecule has 29 heavy (non-hydrogen) atoms. The first-order chi connectivity index (χ1) is 14.2. The molecule has 0 spiro atoms. The summed E-state index contributed by atoms with van der Waals surface area (Å²) >= 11 is 4.77. The molecule has 2 fully saturated rings. The van der Waals surface area contributed by atoms with Gasteiger partial charge in [0, 0.05) is 56.8 Å². The van der Waals surface area contributed by atoms with E-state index in [1.54, 1.807) is 7.11 Å². The van der Waals surface area contributed by atoms with Crippen LogP contribution in [0.25, 0.3) is 10.8 Å². The number of rotatable bonds is 7. The summed E-state index contributed by atoms with van der Waals surface area (Å²) in [5, 5.41) is 9.52. The van der Waals surface area contributed by atoms with Crippen molar-refractivity contribution in [3.8, 4) is 0 Å². The Balaban J connectivity index is 1.72. The molecule has 0 amide bonds. The standard InChI is InChI=1S/C23H31N3O2S/c1-28-14-10-23(16-24-12-13-26(23)15-20-21(29)9-11-25-20)22(27)19-8-4-6-17-5-2-3-7-18(17)19/h2-8,20-21,24-25,29H,9-16H2,1H3/t20?,21?,23-/m0/s1. The summed E-state index contributed by atoms with van der Waals surface area (Å²) in [4.78, 5) is 16.5. The molecular formula is C23H31N3O2S. The zero-order chi connectivity index (χ0) is 20.3. The van der Waals surface area contributed by atoms with Crippen molar-refractivity contribution >= 4 is 29.2 Å². The lowest BCUT2D eigenvalue weighted by Gasteiger charge is -2.47. The third kappa shape index (κ3) is 4.09. The van der Waals surface area contributed by atoms with Crippen molar-refractivity contribution in [2.75, 3.05) is 46.4 Å². The lowest BCUT2D eigenvalue weighted by Crippen LogP contribution is -2.67. The predicted molar refractivity (Wildman–Crippen MR) is 121 cm³/mol. The van der Waals surface area contributed by atoms with E-state index < -0.39 is 5.54 Å². The van der Waals surface area contributed by atoms with Crippen LogP contribution in [0, 0.1) is 0 Å². The summed E-state index contributed by atoms with van der Waals surface area (Å²) in [6.07, 6.45) is 1.74. The van der Waals surface area contributed by atoms with E-state index in [1.165, 1.54) is 0 Å². The molecule has 0 bridgehead atoms. The fourth-order valence-corrected chi connectivity index (χ4v) is 5.14. The molecule has 2 unspecified atom stereocenters. The first kappa shape index (κ1) is 20.8. The molecule has 2 aliphatic rings. The van der Waals surface area contributed by atoms with E-state index >= 15 is 0 Å². The summed E-state index contributed by atoms with van der Waals surface area (Å²) in [6, 6.07) is 14.5. The van der Waals surface area contributed by atoms with Gasteiger partial charge in [0.15, 0.2) is 5.78 Å². The van der Waals surface area contributed by atoms with Crippen LogP contribution in [-0.4, -0.2) is 74.0 Å². The van der Waals surface area contributed by atoms with Crippen LogP contribution in [0.2, 0.25) is 0 Å². The minimum absolute atomic E-state index is 0.187. The van der Waals surface area contributed by atoms with Gasteiger partial charge >= 0.3 is 0 Å². The van der Waals surface area contributed by atoms with Crippen molar-refractivity contribution in [1.29, 1.82) is 0 Å². The van der Waals surface area contributed by atoms with E-state index in [9.17, 15) is 4.79 Å². The molecule has 2 saturated heterocycles. The summed E-state index contributed by atoms with van der Waals surface area (Å²) in [5.74, 6) is 0.187. The van der Waals surface area contributed by atoms with E-state index in [-0.39, 0.29) is 5.78 Å². The normalized spacial score (nSPS) is 28.1. The number of thiol groups is 1. The van der Waals surface area contributed by atoms with Crippen LogP contribution in [0.3, 0.4) is 0 Å². The van der Waals surface area contributed by atoms with Gasteiger partial charge in [0.25, 0.3) is 0 Å². The second kappa shape index (κ2) is 9.14. The van der Waals surface area contributed by atoms with E-state index in [4.69, 9.17) is 17.4 Å². The number of carbonyl (C=O) groups is 1. The predicted octanol–water partition coefficient (Wildman–Crippen LogP) is 2.36. The number of nitrogens with zero attached hydrogens (tertiary/aromatic N) is 1. The molecule has 2 aliphatic heterocycles. The first-order valence-corrected chi connectivity index (χ1v) is 11.1. The molecule has 0 aliphatic carbocycles. The number of fused-ring (bicyclic) bond motifs is 1. The van der Waals surface area contributed by atoms with Gasteiger partial charge in [-0.2, -0.15) is 12.6 Å². The number of hydrogen-bond donors (Lipinski definition) is 3. The van der Waals surface area contributed by atoms with Gasteiger partial charge < -0.3 is 15.4 Å². The topological polar surface area (TPSA) is 53.6 Å². The lowest BCUT2D eigenvalue weighted by atomic mass is 9.81. The van der Waals surface area contributed by atoms with Gasteiger partial charge in [-0.25, -0.2) is 0 Å². The average molecular weight is 414 g/mol. The third-order valence-corrected chi connectivity index (χ3v) is 7.10. The highest BCUT2D eigenvalue weighted by atomic mass is 32.1. The van der Waals surface area contributed by atoms with Crippen LogP contribution in [0.1, 0.15) is 23.2 Å². The summed E-state index contributed by atoms with van der Waals surface area (Å²) < 4.78 is 5.45. The molecule has 5 nitrogen and oxygen atoms in total. The maximum absolute atomic E-state index is 14.1. The summed E-state index contributed by atoms with van der Waals surface area (Å²) in [5.41, 5.74) is 0.186. The van der Waals surface area contributed by atoms with Gasteiger partial charge in [-0.15, -0.1) is 0 Å². The van der Waals surface area contributed by atoms with Gasteiger partial charge in [0.2, 0.25) is 0 Å². The number of Topliss-reactive ketones (excluding diaryl/α,β-unsaturated/α-hetero) is 1. The van der Waals surface area contributed by atoms with Crippen LogP contribution in [0.5, 0.6) is 0 Å². The van der Waals surface area contributed by atoms with Crippen LogP contribution in [0.15, 0.2) is 42.5 Å². The smallest absolute Gasteiger partial charge is 0.185 e. The number of methoxy groups -OCH3 is 1. The van der Waals surface area contributed by atoms with Crippen molar-refractivity contribution in [3.63, 3.8) is 0 Å². The Hall–Kier alpha value is -1.44. The van der Waals surface area contributed by atoms with Gasteiger partial charge in [0.05, 0.1) is 5.54 Å². The maximum Gasteiger partial charge on any atom is 0.185 e. The molecule has 0 saturated carbocycles. The van der Waals surface area contributed by atoms with Crippen molar-refractivity contribution in [2.24, 2.45) is 0 Å². The quantitative estimate of drug-likeness (QED) is 0.481. The zero-order valence-electron chi connectivity index (χ0n) is 17.1. The summed E-state index contributed by atoms with van der Waals surface area (Å²) in [7, 11) is 1.71. The largest absolute Gasteiger partial charge is 0.385 e. The molecule has 156 valence electrons. The van der Waals surface area contributed by atoms with Crippen molar-refractivity contribution in [1.82, 2.24) is 15.5 Å². The van der Waals surface area contributed by atoms with Crippen LogP contribution in [0.4, 0.5) is 0 Å². The Labute approximate surface area is 178 Å². The SMILES string of the molecule is COCC[C@@]1(C(=O)c2cccc3ccccc23)CNCCN1CC1NCCC1S. The Bertz CT molecular complexity index is 856. The molecular weight excluding hydrogens is 382 g/mol. The molecule has 0 radical (unpaired) electrons. The van der Waals surface area contributed by atoms with Crippen molar-refractivity contribution in [2.45, 2.75) is 29.7 Å². The number of hydrogen-bond acceptors (Lipinski definition) is 6. The highest BCUT2D eigenvalue weighted by Gasteiger charge is 2.47. The maximum atomic E-state index is 14.1. The third-order valence-electron chi connectivity index (χ3n) is 6.49. The molecule has 2 heterocycles. The Morgan fingerprint density at radius 2 is 2.07 bits per heavy atom. The van der Waals surface area contributed by atoms with Gasteiger partial charge in [-0.3, -0.25) is 9.69 Å². The lowest BCUT2D eigenvalue weighted by molar-refractivity contribution is 0.0237. The molecule has 0 aromatic heterocycles. The fraction of sp³-hybridized carbons (Fsp3) is 0.522. The first-order valence-electron chi connectivity index (χ1n) is 10.5. The monoisotopic (exact) mass is 413 g/mol. The summed E-state index contributed by atoms with van der Waals surface area (Å²) in [6.45, 7) is 4.75. The van der Waals surface area contributed by atoms with Crippen LogP contribution < -0.4 is 10.6 Å². The molecule has 2 N–H and O–H groups in total. The van der Waals surface area contributed by atoms with Crippen LogP contribution in [-0.2, 0) is 4.74 Å². The second-order valence-electron chi connectivity index (χ2n) is 8.17. The number of piperazine rings is 1.